The van der Waals surface area contributed by atoms with Gasteiger partial charge in [0.15, 0.2) is 17.5 Å². The van der Waals surface area contributed by atoms with Crippen LogP contribution >= 0.6 is 0 Å². The minimum atomic E-state index is 0.605. The van der Waals surface area contributed by atoms with Gasteiger partial charge in [-0.3, -0.25) is 0 Å². The Labute approximate surface area is 314 Å². The lowest BCUT2D eigenvalue weighted by Crippen LogP contribution is -2.26. The van der Waals surface area contributed by atoms with E-state index in [-0.39, 0.29) is 0 Å². The first-order valence-electron chi connectivity index (χ1n) is 18.6. The van der Waals surface area contributed by atoms with Crippen molar-refractivity contribution in [3.8, 4) is 51.0 Å². The van der Waals surface area contributed by atoms with Gasteiger partial charge in [-0.25, -0.2) is 15.0 Å². The first-order valence-corrected chi connectivity index (χ1v) is 18.6. The van der Waals surface area contributed by atoms with Crippen LogP contribution in [-0.4, -0.2) is 32.1 Å². The summed E-state index contributed by atoms with van der Waals surface area (Å²) in [6.45, 7) is 5.40. The highest BCUT2D eigenvalue weighted by atomic mass is 15.2. The lowest BCUT2D eigenvalue weighted by Gasteiger charge is -2.26. The largest absolute Gasteiger partial charge is 0.364 e. The molecular weight excluding hydrogens is 659 g/mol. The van der Waals surface area contributed by atoms with Crippen molar-refractivity contribution in [1.82, 2.24) is 19.5 Å². The molecule has 10 rings (SSSR count). The summed E-state index contributed by atoms with van der Waals surface area (Å²) in [5.74, 6) is 1.93. The maximum absolute atomic E-state index is 5.01. The van der Waals surface area contributed by atoms with Crippen molar-refractivity contribution < 1.29 is 0 Å². The number of para-hydroxylation sites is 1. The van der Waals surface area contributed by atoms with Gasteiger partial charge in [-0.1, -0.05) is 134 Å². The molecule has 54 heavy (non-hydrogen) atoms. The summed E-state index contributed by atoms with van der Waals surface area (Å²) in [5, 5.41) is 2.41. The Kier molecular flexibility index (Phi) is 7.84. The maximum Gasteiger partial charge on any atom is 0.164 e. The fraction of sp³-hybridized carbons (Fsp3) is 0.0816. The first-order chi connectivity index (χ1) is 26.7. The second kappa shape index (κ2) is 13.3. The van der Waals surface area contributed by atoms with Gasteiger partial charge < -0.3 is 9.47 Å². The van der Waals surface area contributed by atoms with Crippen molar-refractivity contribution in [1.29, 1.82) is 0 Å². The van der Waals surface area contributed by atoms with E-state index in [4.69, 9.17) is 15.0 Å². The third kappa shape index (κ3) is 5.80. The van der Waals surface area contributed by atoms with Crippen LogP contribution in [0.25, 0.3) is 78.4 Å². The molecule has 2 aromatic heterocycles. The molecule has 5 heteroatoms. The van der Waals surface area contributed by atoms with Crippen molar-refractivity contribution >= 4 is 33.1 Å². The minimum absolute atomic E-state index is 0.605. The number of nitrogens with zero attached hydrogens (tertiary/aromatic N) is 5. The molecule has 0 spiro atoms. The van der Waals surface area contributed by atoms with Gasteiger partial charge in [0.2, 0.25) is 0 Å². The molecule has 8 aromatic rings. The number of rotatable bonds is 6. The lowest BCUT2D eigenvalue weighted by atomic mass is 9.96. The van der Waals surface area contributed by atoms with Crippen LogP contribution in [0.3, 0.4) is 0 Å². The molecule has 1 fully saturated rings. The number of benzene rings is 6. The Morgan fingerprint density at radius 2 is 1.15 bits per heavy atom. The van der Waals surface area contributed by atoms with Gasteiger partial charge in [-0.15, -0.1) is 0 Å². The van der Waals surface area contributed by atoms with Crippen molar-refractivity contribution in [3.05, 3.63) is 182 Å². The van der Waals surface area contributed by atoms with E-state index in [1.165, 1.54) is 46.0 Å². The number of anilines is 1. The first kappa shape index (κ1) is 31.9. The molecule has 3 heterocycles. The summed E-state index contributed by atoms with van der Waals surface area (Å²) in [6, 6.07) is 51.8. The monoisotopic (exact) mass is 695 g/mol. The second-order valence-electron chi connectivity index (χ2n) is 14.1. The molecule has 5 nitrogen and oxygen atoms in total. The molecular formula is C49H37N5. The molecule has 0 amide bonds. The van der Waals surface area contributed by atoms with Crippen molar-refractivity contribution in [2.45, 2.75) is 18.9 Å². The van der Waals surface area contributed by atoms with E-state index in [9.17, 15) is 0 Å². The summed E-state index contributed by atoms with van der Waals surface area (Å²) >= 11 is 0. The maximum atomic E-state index is 5.01. The zero-order chi connectivity index (χ0) is 36.0. The van der Waals surface area contributed by atoms with Gasteiger partial charge in [-0.05, 0) is 72.0 Å². The molecule has 0 bridgehead atoms. The van der Waals surface area contributed by atoms with Gasteiger partial charge >= 0.3 is 0 Å². The molecule has 1 aliphatic heterocycles. The van der Waals surface area contributed by atoms with Crippen LogP contribution in [0.2, 0.25) is 0 Å². The van der Waals surface area contributed by atoms with Crippen LogP contribution in [0.1, 0.15) is 18.4 Å². The quantitative estimate of drug-likeness (QED) is 0.174. The average Bonchev–Trinajstić information content (AvgIpc) is 4.02. The van der Waals surface area contributed by atoms with Gasteiger partial charge in [0.25, 0.3) is 0 Å². The van der Waals surface area contributed by atoms with Crippen LogP contribution in [0.4, 0.5) is 5.69 Å². The molecule has 0 N–H and O–H groups in total. The van der Waals surface area contributed by atoms with Crippen LogP contribution in [0.15, 0.2) is 176 Å². The highest BCUT2D eigenvalue weighted by Crippen LogP contribution is 2.40. The molecule has 2 aliphatic rings. The molecule has 0 atom stereocenters. The Balaban J connectivity index is 1.09. The highest BCUT2D eigenvalue weighted by Gasteiger charge is 2.30. The van der Waals surface area contributed by atoms with Crippen molar-refractivity contribution in [2.75, 3.05) is 11.4 Å². The van der Waals surface area contributed by atoms with Crippen molar-refractivity contribution in [3.63, 3.8) is 0 Å². The zero-order valence-corrected chi connectivity index (χ0v) is 29.8. The molecule has 0 unspecified atom stereocenters. The summed E-state index contributed by atoms with van der Waals surface area (Å²) in [5.41, 5.74) is 12.0. The Morgan fingerprint density at radius 1 is 0.519 bits per heavy atom. The predicted molar refractivity (Wildman–Crippen MR) is 224 cm³/mol. The fourth-order valence-electron chi connectivity index (χ4n) is 7.72. The second-order valence-corrected chi connectivity index (χ2v) is 14.1. The topological polar surface area (TPSA) is 46.8 Å². The Bertz CT molecular complexity index is 2710. The smallest absolute Gasteiger partial charge is 0.164 e. The summed E-state index contributed by atoms with van der Waals surface area (Å²) < 4.78 is 2.35. The number of hydrogen-bond acceptors (Lipinski definition) is 4. The van der Waals surface area contributed by atoms with Gasteiger partial charge in [-0.2, -0.15) is 0 Å². The van der Waals surface area contributed by atoms with E-state index in [0.717, 1.165) is 45.5 Å². The van der Waals surface area contributed by atoms with E-state index in [1.54, 1.807) is 0 Å². The normalized spacial score (nSPS) is 15.4. The summed E-state index contributed by atoms with van der Waals surface area (Å²) in [6.07, 6.45) is 11.1. The molecule has 6 aromatic carbocycles. The third-order valence-corrected chi connectivity index (χ3v) is 10.6. The van der Waals surface area contributed by atoms with Crippen LogP contribution < -0.4 is 4.90 Å². The fourth-order valence-corrected chi connectivity index (χ4v) is 7.72. The highest BCUT2D eigenvalue weighted by molar-refractivity contribution is 6.10. The van der Waals surface area contributed by atoms with Crippen LogP contribution in [0.5, 0.6) is 0 Å². The van der Waals surface area contributed by atoms with E-state index >= 15 is 0 Å². The predicted octanol–water partition coefficient (Wildman–Crippen LogP) is 11.7. The zero-order valence-electron chi connectivity index (χ0n) is 29.8. The number of aromatic nitrogens is 4. The van der Waals surface area contributed by atoms with E-state index < -0.39 is 0 Å². The number of fused-ring (bicyclic) bond motifs is 4. The standard InChI is InChI=1S/C49H37N5/c1-33-14-5-4-12-29-53(39-25-26-39)44-27-23-36(31-42(33)44)37-24-28-46-43(32-37)41-21-10-11-22-45(41)54(46)40-20-13-19-38(30-40)49-51-47(34-15-6-2-7-16-34)50-48(52-49)35-17-8-3-9-18-35/h2-24,27-28,30-32,39H,1,25-26,29H2/b12-4-,14-5-. The van der Waals surface area contributed by atoms with E-state index in [1.807, 2.05) is 60.7 Å². The van der Waals surface area contributed by atoms with Gasteiger partial charge in [0.05, 0.1) is 11.0 Å². The molecule has 258 valence electrons. The minimum Gasteiger partial charge on any atom is -0.364 e. The molecule has 0 saturated heterocycles. The lowest BCUT2D eigenvalue weighted by molar-refractivity contribution is 0.860. The number of hydrogen-bond donors (Lipinski definition) is 0. The van der Waals surface area contributed by atoms with E-state index in [2.05, 4.69) is 125 Å². The van der Waals surface area contributed by atoms with Crippen molar-refractivity contribution in [2.24, 2.45) is 0 Å². The van der Waals surface area contributed by atoms with Crippen LogP contribution in [0, 0.1) is 0 Å². The summed E-state index contributed by atoms with van der Waals surface area (Å²) in [7, 11) is 0. The molecule has 1 saturated carbocycles. The van der Waals surface area contributed by atoms with E-state index in [0.29, 0.717) is 23.5 Å². The molecule has 0 radical (unpaired) electrons. The number of allylic oxidation sites excluding steroid dienone is 4. The Morgan fingerprint density at radius 3 is 1.89 bits per heavy atom. The SMILES string of the molecule is C=C1/C=C\C=C/CN(C2CC2)c2ccc(-c3ccc4c(c3)c3ccccc3n4-c3cccc(-c4nc(-c5ccccc5)nc(-c5ccccc5)n4)c3)cc21. The average molecular weight is 696 g/mol. The van der Waals surface area contributed by atoms with Crippen LogP contribution in [-0.2, 0) is 0 Å². The van der Waals surface area contributed by atoms with Gasteiger partial charge in [0.1, 0.15) is 0 Å². The Hall–Kier alpha value is -6.85. The van der Waals surface area contributed by atoms with Gasteiger partial charge in [0, 0.05) is 57.0 Å². The molecule has 1 aliphatic carbocycles. The third-order valence-electron chi connectivity index (χ3n) is 10.6. The summed E-state index contributed by atoms with van der Waals surface area (Å²) in [4.78, 5) is 17.5.